The molecule has 124 valence electrons. The summed E-state index contributed by atoms with van der Waals surface area (Å²) in [5.41, 5.74) is 0. The van der Waals surface area contributed by atoms with Crippen molar-refractivity contribution in [1.29, 1.82) is 0 Å². The van der Waals surface area contributed by atoms with Crippen molar-refractivity contribution in [2.24, 2.45) is 5.92 Å². The van der Waals surface area contributed by atoms with E-state index in [2.05, 4.69) is 10.2 Å². The molecule has 7 heteroatoms. The van der Waals surface area contributed by atoms with Crippen LogP contribution in [0.15, 0.2) is 0 Å². The van der Waals surface area contributed by atoms with Crippen LogP contribution >= 0.6 is 0 Å². The Morgan fingerprint density at radius 1 is 1.14 bits per heavy atom. The number of hydrogen-bond acceptors (Lipinski definition) is 4. The molecule has 1 N–H and O–H groups in total. The Balaban J connectivity index is 1.80. The number of nitrogens with one attached hydrogen (secondary N) is 1. The monoisotopic (exact) mass is 318 g/mol. The molecule has 0 unspecified atom stereocenters. The molecule has 0 bridgehead atoms. The van der Waals surface area contributed by atoms with Crippen LogP contribution < -0.4 is 5.32 Å². The highest BCUT2D eigenvalue weighted by Gasteiger charge is 2.31. The maximum Gasteiger partial charge on any atom is 0.281 e. The predicted octanol–water partition coefficient (Wildman–Crippen LogP) is 0.190. The Labute approximate surface area is 129 Å². The minimum Gasteiger partial charge on any atom is -0.319 e. The highest BCUT2D eigenvalue weighted by Crippen LogP contribution is 2.20. The Kier molecular flexibility index (Phi) is 6.43. The third-order valence-electron chi connectivity index (χ3n) is 4.72. The van der Waals surface area contributed by atoms with Crippen LogP contribution in [0.4, 0.5) is 0 Å². The molecular weight excluding hydrogens is 288 g/mol. The third-order valence-corrected chi connectivity index (χ3v) is 6.70. The van der Waals surface area contributed by atoms with Gasteiger partial charge in [-0.25, -0.2) is 0 Å². The van der Waals surface area contributed by atoms with Gasteiger partial charge in [0.05, 0.1) is 0 Å². The molecule has 2 aliphatic rings. The smallest absolute Gasteiger partial charge is 0.281 e. The molecule has 0 spiro atoms. The standard InChI is InChI=1S/C14H30N4O2S/c1-15-13-14-5-9-18(10-6-14)21(19,20)16(2)11-12-17-7-3-4-8-17/h14-15H,3-13H2,1-2H3. The Bertz CT molecular complexity index is 401. The van der Waals surface area contributed by atoms with Gasteiger partial charge in [0.1, 0.15) is 0 Å². The van der Waals surface area contributed by atoms with Crippen molar-refractivity contribution in [3.8, 4) is 0 Å². The van der Waals surface area contributed by atoms with E-state index in [0.717, 1.165) is 39.0 Å². The average molecular weight is 318 g/mol. The summed E-state index contributed by atoms with van der Waals surface area (Å²) >= 11 is 0. The van der Waals surface area contributed by atoms with E-state index in [9.17, 15) is 8.42 Å². The zero-order valence-electron chi connectivity index (χ0n) is 13.4. The van der Waals surface area contributed by atoms with Crippen molar-refractivity contribution in [1.82, 2.24) is 18.8 Å². The van der Waals surface area contributed by atoms with Crippen molar-refractivity contribution in [3.63, 3.8) is 0 Å². The van der Waals surface area contributed by atoms with E-state index in [1.54, 1.807) is 11.4 Å². The van der Waals surface area contributed by atoms with E-state index in [1.807, 2.05) is 7.05 Å². The number of likely N-dealkylation sites (N-methyl/N-ethyl adjacent to an activating group) is 1. The summed E-state index contributed by atoms with van der Waals surface area (Å²) in [5, 5.41) is 3.18. The lowest BCUT2D eigenvalue weighted by Gasteiger charge is -2.34. The second-order valence-electron chi connectivity index (χ2n) is 6.28. The molecular formula is C14H30N4O2S. The van der Waals surface area contributed by atoms with Gasteiger partial charge in [0.15, 0.2) is 0 Å². The predicted molar refractivity (Wildman–Crippen MR) is 85.4 cm³/mol. The fourth-order valence-electron chi connectivity index (χ4n) is 3.23. The minimum atomic E-state index is -3.27. The van der Waals surface area contributed by atoms with Gasteiger partial charge < -0.3 is 10.2 Å². The molecule has 0 atom stereocenters. The maximum absolute atomic E-state index is 12.6. The highest BCUT2D eigenvalue weighted by atomic mass is 32.2. The van der Waals surface area contributed by atoms with Crippen molar-refractivity contribution in [2.45, 2.75) is 25.7 Å². The number of hydrogen-bond donors (Lipinski definition) is 1. The van der Waals surface area contributed by atoms with Gasteiger partial charge >= 0.3 is 0 Å². The van der Waals surface area contributed by atoms with E-state index in [0.29, 0.717) is 25.6 Å². The fourth-order valence-corrected chi connectivity index (χ4v) is 4.61. The van der Waals surface area contributed by atoms with Crippen LogP contribution in [-0.2, 0) is 10.2 Å². The largest absolute Gasteiger partial charge is 0.319 e. The topological polar surface area (TPSA) is 55.9 Å². The summed E-state index contributed by atoms with van der Waals surface area (Å²) < 4.78 is 28.3. The first-order valence-corrected chi connectivity index (χ1v) is 9.52. The first-order chi connectivity index (χ1) is 10.0. The molecule has 0 saturated carbocycles. The van der Waals surface area contributed by atoms with Gasteiger partial charge in [-0.3, -0.25) is 0 Å². The first kappa shape index (κ1) is 17.1. The van der Waals surface area contributed by atoms with Gasteiger partial charge in [0.25, 0.3) is 10.2 Å². The zero-order chi connectivity index (χ0) is 15.3. The Morgan fingerprint density at radius 3 is 2.33 bits per heavy atom. The lowest BCUT2D eigenvalue weighted by atomic mass is 9.98. The number of nitrogens with zero attached hydrogens (tertiary/aromatic N) is 3. The summed E-state index contributed by atoms with van der Waals surface area (Å²) in [4.78, 5) is 2.35. The molecule has 2 saturated heterocycles. The van der Waals surface area contributed by atoms with Crippen molar-refractivity contribution in [2.75, 3.05) is 59.9 Å². The molecule has 6 nitrogen and oxygen atoms in total. The second-order valence-corrected chi connectivity index (χ2v) is 8.31. The van der Waals surface area contributed by atoms with Crippen LogP contribution in [-0.4, -0.2) is 81.8 Å². The van der Waals surface area contributed by atoms with Gasteiger partial charge in [-0.05, 0) is 58.3 Å². The molecule has 2 heterocycles. The summed E-state index contributed by atoms with van der Waals surface area (Å²) in [6.45, 7) is 5.97. The van der Waals surface area contributed by atoms with Gasteiger partial charge in [-0.15, -0.1) is 0 Å². The molecule has 0 aromatic carbocycles. The molecule has 0 aliphatic carbocycles. The van der Waals surface area contributed by atoms with Gasteiger partial charge in [-0.2, -0.15) is 17.0 Å². The Hall–Kier alpha value is -0.210. The van der Waals surface area contributed by atoms with E-state index >= 15 is 0 Å². The van der Waals surface area contributed by atoms with E-state index in [4.69, 9.17) is 0 Å². The van der Waals surface area contributed by atoms with Crippen molar-refractivity contribution >= 4 is 10.2 Å². The molecule has 0 radical (unpaired) electrons. The van der Waals surface area contributed by atoms with Crippen LogP contribution in [0, 0.1) is 5.92 Å². The van der Waals surface area contributed by atoms with Gasteiger partial charge in [-0.1, -0.05) is 0 Å². The summed E-state index contributed by atoms with van der Waals surface area (Å²) in [6, 6.07) is 0. The molecule has 2 fully saturated rings. The van der Waals surface area contributed by atoms with Crippen LogP contribution in [0.1, 0.15) is 25.7 Å². The highest BCUT2D eigenvalue weighted by molar-refractivity contribution is 7.86. The summed E-state index contributed by atoms with van der Waals surface area (Å²) in [5.74, 6) is 0.608. The van der Waals surface area contributed by atoms with E-state index in [1.165, 1.54) is 17.1 Å². The number of piperidine rings is 1. The molecule has 0 amide bonds. The van der Waals surface area contributed by atoms with Crippen molar-refractivity contribution in [3.05, 3.63) is 0 Å². The quantitative estimate of drug-likeness (QED) is 0.728. The SMILES string of the molecule is CNCC1CCN(S(=O)(=O)N(C)CCN2CCCC2)CC1. The van der Waals surface area contributed by atoms with E-state index in [-0.39, 0.29) is 0 Å². The molecule has 2 rings (SSSR count). The molecule has 0 aromatic rings. The van der Waals surface area contributed by atoms with E-state index < -0.39 is 10.2 Å². The normalized spacial score (nSPS) is 23.2. The maximum atomic E-state index is 12.6. The third kappa shape index (κ3) is 4.63. The fraction of sp³-hybridized carbons (Fsp3) is 1.00. The number of likely N-dealkylation sites (tertiary alicyclic amines) is 1. The summed E-state index contributed by atoms with van der Waals surface area (Å²) in [6.07, 6.45) is 4.41. The van der Waals surface area contributed by atoms with Crippen LogP contribution in [0.25, 0.3) is 0 Å². The molecule has 21 heavy (non-hydrogen) atoms. The molecule has 0 aromatic heterocycles. The Morgan fingerprint density at radius 2 is 1.76 bits per heavy atom. The van der Waals surface area contributed by atoms with Gasteiger partial charge in [0, 0.05) is 33.2 Å². The summed E-state index contributed by atoms with van der Waals surface area (Å²) in [7, 11) is 0.394. The van der Waals surface area contributed by atoms with Crippen LogP contribution in [0.3, 0.4) is 0 Å². The van der Waals surface area contributed by atoms with Crippen LogP contribution in [0.2, 0.25) is 0 Å². The molecule has 2 aliphatic heterocycles. The second kappa shape index (κ2) is 7.87. The zero-order valence-corrected chi connectivity index (χ0v) is 14.2. The lowest BCUT2D eigenvalue weighted by Crippen LogP contribution is -2.48. The first-order valence-electron chi connectivity index (χ1n) is 8.12. The lowest BCUT2D eigenvalue weighted by molar-refractivity contribution is 0.249. The van der Waals surface area contributed by atoms with Crippen LogP contribution in [0.5, 0.6) is 0 Å². The minimum absolute atomic E-state index is 0.596. The number of rotatable bonds is 7. The van der Waals surface area contributed by atoms with Crippen molar-refractivity contribution < 1.29 is 8.42 Å². The average Bonchev–Trinajstić information content (AvgIpc) is 2.99. The van der Waals surface area contributed by atoms with Gasteiger partial charge in [0.2, 0.25) is 0 Å².